The van der Waals surface area contributed by atoms with Crippen molar-refractivity contribution in [3.63, 3.8) is 0 Å². The molecule has 0 amide bonds. The second-order valence-corrected chi connectivity index (χ2v) is 0.316. The summed E-state index contributed by atoms with van der Waals surface area (Å²) in [6, 6.07) is 0. The van der Waals surface area contributed by atoms with Gasteiger partial charge in [0, 0.05) is 6.61 Å². The number of hydrogen-bond acceptors (Lipinski definition) is 2. The fourth-order valence-corrected chi connectivity index (χ4v) is 0. The first-order chi connectivity index (χ1) is 1.41. The smallest absolute Gasteiger partial charge is 0.0402 e. The van der Waals surface area contributed by atoms with Crippen molar-refractivity contribution >= 4 is 0 Å². The maximum Gasteiger partial charge on any atom is 0.0402 e. The molecular formula is C2H9NO. The van der Waals surface area contributed by atoms with Crippen LogP contribution in [0.15, 0.2) is 0 Å². The van der Waals surface area contributed by atoms with Crippen LogP contribution in [-0.4, -0.2) is 11.7 Å². The Hall–Kier alpha value is -0.0800. The summed E-state index contributed by atoms with van der Waals surface area (Å²) >= 11 is 0. The summed E-state index contributed by atoms with van der Waals surface area (Å²) < 4.78 is 0. The van der Waals surface area contributed by atoms with E-state index in [4.69, 9.17) is 5.11 Å². The molecule has 0 aliphatic heterocycles. The second-order valence-electron chi connectivity index (χ2n) is 0.316. The Bertz CT molecular complexity index is 6.00. The predicted molar refractivity (Wildman–Crippen MR) is 17.8 cm³/mol. The van der Waals surface area contributed by atoms with E-state index in [1.54, 1.807) is 6.92 Å². The van der Waals surface area contributed by atoms with Crippen molar-refractivity contribution in [1.82, 2.24) is 6.15 Å². The summed E-state index contributed by atoms with van der Waals surface area (Å²) in [7, 11) is 0. The van der Waals surface area contributed by atoms with Gasteiger partial charge in [0.05, 0.1) is 0 Å². The van der Waals surface area contributed by atoms with E-state index in [-0.39, 0.29) is 12.8 Å². The summed E-state index contributed by atoms with van der Waals surface area (Å²) in [4.78, 5) is 0. The van der Waals surface area contributed by atoms with Gasteiger partial charge in [-0.25, -0.2) is 0 Å². The van der Waals surface area contributed by atoms with Gasteiger partial charge in [0.2, 0.25) is 0 Å². The lowest BCUT2D eigenvalue weighted by atomic mass is 10.9. The molecule has 0 rings (SSSR count). The predicted octanol–water partition coefficient (Wildman–Crippen LogP) is 0.161. The van der Waals surface area contributed by atoms with Crippen molar-refractivity contribution in [1.29, 1.82) is 0 Å². The van der Waals surface area contributed by atoms with E-state index in [1.807, 2.05) is 0 Å². The van der Waals surface area contributed by atoms with Crippen LogP contribution in [0.25, 0.3) is 0 Å². The molecule has 2 heteroatoms. The van der Waals surface area contributed by atoms with Crippen LogP contribution in [0.4, 0.5) is 0 Å². The van der Waals surface area contributed by atoms with Crippen LogP contribution in [0.3, 0.4) is 0 Å². The van der Waals surface area contributed by atoms with Crippen molar-refractivity contribution in [2.75, 3.05) is 6.61 Å². The molecule has 0 spiro atoms. The molecule has 4 N–H and O–H groups in total. The molecule has 0 saturated carbocycles. The monoisotopic (exact) mass is 63.1 g/mol. The standard InChI is InChI=1S/C2H6O.H3N/c1-2-3;/h3H,2H2,1H3;1H3. The molecular weight excluding hydrogens is 54.0 g/mol. The van der Waals surface area contributed by atoms with Crippen molar-refractivity contribution in [2.24, 2.45) is 0 Å². The Morgan fingerprint density at radius 2 is 1.75 bits per heavy atom. The van der Waals surface area contributed by atoms with Crippen LogP contribution in [-0.2, 0) is 0 Å². The van der Waals surface area contributed by atoms with Gasteiger partial charge >= 0.3 is 0 Å². The van der Waals surface area contributed by atoms with Gasteiger partial charge in [-0.15, -0.1) is 0 Å². The Morgan fingerprint density at radius 3 is 1.75 bits per heavy atom. The van der Waals surface area contributed by atoms with E-state index in [9.17, 15) is 0 Å². The summed E-state index contributed by atoms with van der Waals surface area (Å²) in [5.74, 6) is 0. The van der Waals surface area contributed by atoms with Crippen molar-refractivity contribution in [2.45, 2.75) is 6.92 Å². The zero-order valence-electron chi connectivity index (χ0n) is 2.86. The quantitative estimate of drug-likeness (QED) is 0.420. The Balaban J connectivity index is 0. The van der Waals surface area contributed by atoms with Gasteiger partial charge in [-0.2, -0.15) is 0 Å². The third-order valence-electron chi connectivity index (χ3n) is 0. The fourth-order valence-electron chi connectivity index (χ4n) is 0. The lowest BCUT2D eigenvalue weighted by Gasteiger charge is -1.52. The molecule has 0 fully saturated rings. The molecule has 0 unspecified atom stereocenters. The highest BCUT2D eigenvalue weighted by molar-refractivity contribution is 3.84. The summed E-state index contributed by atoms with van der Waals surface area (Å²) in [6.07, 6.45) is 0. The highest BCUT2D eigenvalue weighted by Gasteiger charge is 1.34. The Labute approximate surface area is 26.0 Å². The minimum Gasteiger partial charge on any atom is -0.397 e. The van der Waals surface area contributed by atoms with Gasteiger partial charge in [0.15, 0.2) is 0 Å². The van der Waals surface area contributed by atoms with Gasteiger partial charge in [0.25, 0.3) is 0 Å². The average Bonchev–Trinajstić information content (AvgIpc) is 0.918. The molecule has 0 saturated heterocycles. The molecule has 28 valence electrons. The number of hydrogen-bond donors (Lipinski definition) is 2. The third kappa shape index (κ3) is 254. The molecule has 0 bridgehead atoms. The van der Waals surface area contributed by atoms with E-state index in [1.165, 1.54) is 0 Å². The van der Waals surface area contributed by atoms with E-state index >= 15 is 0 Å². The zero-order chi connectivity index (χ0) is 2.71. The molecule has 0 aromatic carbocycles. The minimum absolute atomic E-state index is 0. The van der Waals surface area contributed by atoms with Crippen LogP contribution >= 0.6 is 0 Å². The molecule has 0 aromatic rings. The van der Waals surface area contributed by atoms with E-state index < -0.39 is 0 Å². The van der Waals surface area contributed by atoms with Gasteiger partial charge < -0.3 is 11.3 Å². The van der Waals surface area contributed by atoms with Crippen LogP contribution in [0, 0.1) is 0 Å². The third-order valence-corrected chi connectivity index (χ3v) is 0. The molecule has 0 radical (unpaired) electrons. The summed E-state index contributed by atoms with van der Waals surface area (Å²) in [6.45, 7) is 1.93. The first-order valence-corrected chi connectivity index (χ1v) is 1.02. The van der Waals surface area contributed by atoms with Crippen molar-refractivity contribution < 1.29 is 5.11 Å². The fraction of sp³-hybridized carbons (Fsp3) is 1.00. The molecule has 2 nitrogen and oxygen atoms in total. The first-order valence-electron chi connectivity index (χ1n) is 1.02. The second kappa shape index (κ2) is 12.7. The highest BCUT2D eigenvalue weighted by atomic mass is 16.2. The van der Waals surface area contributed by atoms with Crippen LogP contribution in [0.2, 0.25) is 0 Å². The van der Waals surface area contributed by atoms with Crippen LogP contribution in [0.1, 0.15) is 6.92 Å². The summed E-state index contributed by atoms with van der Waals surface area (Å²) in [5, 5.41) is 7.57. The first kappa shape index (κ1) is 9.07. The van der Waals surface area contributed by atoms with E-state index in [0.717, 1.165) is 0 Å². The van der Waals surface area contributed by atoms with E-state index in [0.29, 0.717) is 0 Å². The largest absolute Gasteiger partial charge is 0.397 e. The maximum absolute atomic E-state index is 7.57. The minimum atomic E-state index is 0. The molecule has 0 atom stereocenters. The van der Waals surface area contributed by atoms with Gasteiger partial charge in [-0.05, 0) is 6.92 Å². The molecule has 4 heavy (non-hydrogen) atoms. The Morgan fingerprint density at radius 1 is 1.75 bits per heavy atom. The lowest BCUT2D eigenvalue weighted by Crippen LogP contribution is -1.57. The number of rotatable bonds is 0. The normalized spacial score (nSPS) is 4.50. The zero-order valence-corrected chi connectivity index (χ0v) is 2.86. The van der Waals surface area contributed by atoms with Gasteiger partial charge in [-0.3, -0.25) is 0 Å². The highest BCUT2D eigenvalue weighted by Crippen LogP contribution is 1.30. The van der Waals surface area contributed by atoms with Gasteiger partial charge in [0.1, 0.15) is 0 Å². The van der Waals surface area contributed by atoms with Crippen LogP contribution < -0.4 is 6.15 Å². The molecule has 0 heterocycles. The Kier molecular flexibility index (Phi) is 28.8. The van der Waals surface area contributed by atoms with Crippen molar-refractivity contribution in [3.05, 3.63) is 0 Å². The SMILES string of the molecule is CCO.N. The molecule has 0 aromatic heterocycles. The van der Waals surface area contributed by atoms with Crippen molar-refractivity contribution in [3.8, 4) is 0 Å². The van der Waals surface area contributed by atoms with Gasteiger partial charge in [-0.1, -0.05) is 0 Å². The lowest BCUT2D eigenvalue weighted by molar-refractivity contribution is 0.318. The van der Waals surface area contributed by atoms with E-state index in [2.05, 4.69) is 0 Å². The average molecular weight is 63.1 g/mol. The summed E-state index contributed by atoms with van der Waals surface area (Å²) in [5.41, 5.74) is 0. The van der Waals surface area contributed by atoms with Crippen LogP contribution in [0.5, 0.6) is 0 Å². The molecule has 0 aliphatic carbocycles. The number of aliphatic hydroxyl groups excluding tert-OH is 1. The molecule has 0 aliphatic rings. The number of aliphatic hydroxyl groups is 1. The topological polar surface area (TPSA) is 55.2 Å². The maximum atomic E-state index is 7.57.